The van der Waals surface area contributed by atoms with Crippen LogP contribution in [0.1, 0.15) is 12.5 Å². The van der Waals surface area contributed by atoms with Crippen LogP contribution in [0, 0.1) is 0 Å². The van der Waals surface area contributed by atoms with Crippen molar-refractivity contribution in [3.8, 4) is 0 Å². The van der Waals surface area contributed by atoms with Crippen molar-refractivity contribution < 1.29 is 14.3 Å². The summed E-state index contributed by atoms with van der Waals surface area (Å²) in [5, 5.41) is 0. The van der Waals surface area contributed by atoms with Gasteiger partial charge in [-0.1, -0.05) is 48.5 Å². The van der Waals surface area contributed by atoms with Crippen LogP contribution in [0.3, 0.4) is 0 Å². The van der Waals surface area contributed by atoms with Crippen LogP contribution in [0.4, 0.5) is 5.69 Å². The number of nitrogens with zero attached hydrogens (tertiary/aromatic N) is 1. The van der Waals surface area contributed by atoms with Crippen molar-refractivity contribution in [2.45, 2.75) is 19.4 Å². The van der Waals surface area contributed by atoms with E-state index in [4.69, 9.17) is 4.74 Å². The third-order valence-electron chi connectivity index (χ3n) is 3.32. The summed E-state index contributed by atoms with van der Waals surface area (Å²) in [6, 6.07) is 18.6. The van der Waals surface area contributed by atoms with E-state index in [0.29, 0.717) is 0 Å². The number of benzene rings is 2. The molecular weight excluding hydrogens is 278 g/mol. The fourth-order valence-electron chi connectivity index (χ4n) is 2.10. The van der Waals surface area contributed by atoms with E-state index in [1.165, 1.54) is 4.90 Å². The lowest BCUT2D eigenvalue weighted by atomic mass is 10.1. The summed E-state index contributed by atoms with van der Waals surface area (Å²) in [5.74, 6) is -0.666. The Morgan fingerprint density at radius 1 is 1.00 bits per heavy atom. The molecular formula is C18H19NO3. The standard InChI is InChI=1S/C18H19NO3/c1-14(18(21)19(2)16-11-7-4-8-12-16)22-17(20)13-15-9-5-3-6-10-15/h3-12,14H,13H2,1-2H3. The summed E-state index contributed by atoms with van der Waals surface area (Å²) in [4.78, 5) is 25.7. The molecule has 0 bridgehead atoms. The van der Waals surface area contributed by atoms with Gasteiger partial charge in [0.05, 0.1) is 6.42 Å². The van der Waals surface area contributed by atoms with Gasteiger partial charge in [-0.25, -0.2) is 0 Å². The Hall–Kier alpha value is -2.62. The molecule has 0 saturated carbocycles. The monoisotopic (exact) mass is 297 g/mol. The molecule has 0 spiro atoms. The first-order valence-corrected chi connectivity index (χ1v) is 7.14. The molecule has 1 atom stereocenters. The van der Waals surface area contributed by atoms with E-state index in [2.05, 4.69) is 0 Å². The van der Waals surface area contributed by atoms with Crippen LogP contribution < -0.4 is 4.90 Å². The number of rotatable bonds is 5. The lowest BCUT2D eigenvalue weighted by Gasteiger charge is -2.21. The van der Waals surface area contributed by atoms with Crippen LogP contribution in [0.15, 0.2) is 60.7 Å². The zero-order valence-corrected chi connectivity index (χ0v) is 12.7. The third-order valence-corrected chi connectivity index (χ3v) is 3.32. The molecule has 1 unspecified atom stereocenters. The van der Waals surface area contributed by atoms with Gasteiger partial charge < -0.3 is 9.64 Å². The minimum atomic E-state index is -0.818. The average Bonchev–Trinajstić information content (AvgIpc) is 2.55. The minimum Gasteiger partial charge on any atom is -0.452 e. The van der Waals surface area contributed by atoms with Gasteiger partial charge in [-0.2, -0.15) is 0 Å². The maximum atomic E-state index is 12.3. The van der Waals surface area contributed by atoms with E-state index >= 15 is 0 Å². The second-order valence-corrected chi connectivity index (χ2v) is 5.03. The zero-order valence-electron chi connectivity index (χ0n) is 12.7. The van der Waals surface area contributed by atoms with Crippen molar-refractivity contribution in [2.24, 2.45) is 0 Å². The smallest absolute Gasteiger partial charge is 0.311 e. The Morgan fingerprint density at radius 2 is 1.55 bits per heavy atom. The maximum Gasteiger partial charge on any atom is 0.311 e. The summed E-state index contributed by atoms with van der Waals surface area (Å²) in [5.41, 5.74) is 1.63. The predicted octanol–water partition coefficient (Wildman–Crippen LogP) is 2.82. The van der Waals surface area contributed by atoms with Gasteiger partial charge in [0.15, 0.2) is 6.10 Å². The molecule has 0 aliphatic heterocycles. The fraction of sp³-hybridized carbons (Fsp3) is 0.222. The molecule has 0 aromatic heterocycles. The van der Waals surface area contributed by atoms with Crippen LogP contribution in [0.5, 0.6) is 0 Å². The molecule has 0 aliphatic carbocycles. The van der Waals surface area contributed by atoms with Crippen LogP contribution in [-0.4, -0.2) is 25.0 Å². The minimum absolute atomic E-state index is 0.160. The van der Waals surface area contributed by atoms with E-state index in [9.17, 15) is 9.59 Å². The van der Waals surface area contributed by atoms with Gasteiger partial charge >= 0.3 is 5.97 Å². The van der Waals surface area contributed by atoms with Crippen molar-refractivity contribution in [3.63, 3.8) is 0 Å². The van der Waals surface area contributed by atoms with Gasteiger partial charge in [-0.15, -0.1) is 0 Å². The molecule has 0 saturated heterocycles. The number of hydrogen-bond donors (Lipinski definition) is 0. The van der Waals surface area contributed by atoms with Crippen molar-refractivity contribution >= 4 is 17.6 Å². The molecule has 114 valence electrons. The van der Waals surface area contributed by atoms with Crippen molar-refractivity contribution in [1.82, 2.24) is 0 Å². The molecule has 2 aromatic rings. The number of para-hydroxylation sites is 1. The second-order valence-electron chi connectivity index (χ2n) is 5.03. The lowest BCUT2D eigenvalue weighted by molar-refractivity contribution is -0.153. The van der Waals surface area contributed by atoms with Crippen LogP contribution in [0.25, 0.3) is 0 Å². The summed E-state index contributed by atoms with van der Waals surface area (Å²) < 4.78 is 5.23. The van der Waals surface area contributed by atoms with Gasteiger partial charge in [0, 0.05) is 12.7 Å². The summed E-state index contributed by atoms with van der Waals surface area (Å²) in [7, 11) is 1.67. The van der Waals surface area contributed by atoms with E-state index < -0.39 is 12.1 Å². The number of likely N-dealkylation sites (N-methyl/N-ethyl adjacent to an activating group) is 1. The number of carbonyl (C=O) groups is 2. The molecule has 0 radical (unpaired) electrons. The molecule has 4 heteroatoms. The highest BCUT2D eigenvalue weighted by atomic mass is 16.5. The first-order chi connectivity index (χ1) is 10.6. The van der Waals surface area contributed by atoms with Gasteiger partial charge in [-0.3, -0.25) is 9.59 Å². The van der Waals surface area contributed by atoms with Crippen molar-refractivity contribution in [3.05, 3.63) is 66.2 Å². The van der Waals surface area contributed by atoms with Crippen molar-refractivity contribution in [1.29, 1.82) is 0 Å². The Balaban J connectivity index is 1.92. The van der Waals surface area contributed by atoms with Gasteiger partial charge in [0.1, 0.15) is 0 Å². The summed E-state index contributed by atoms with van der Waals surface area (Å²) in [6.45, 7) is 1.59. The quantitative estimate of drug-likeness (QED) is 0.797. The number of carbonyl (C=O) groups excluding carboxylic acids is 2. The molecule has 0 N–H and O–H groups in total. The Labute approximate surface area is 130 Å². The number of hydrogen-bond acceptors (Lipinski definition) is 3. The number of ether oxygens (including phenoxy) is 1. The molecule has 0 heterocycles. The third kappa shape index (κ3) is 4.19. The first kappa shape index (κ1) is 15.8. The van der Waals surface area contributed by atoms with Gasteiger partial charge in [-0.05, 0) is 24.6 Å². The van der Waals surface area contributed by atoms with E-state index in [0.717, 1.165) is 11.3 Å². The SMILES string of the molecule is CC(OC(=O)Cc1ccccc1)C(=O)N(C)c1ccccc1. The predicted molar refractivity (Wildman–Crippen MR) is 85.6 cm³/mol. The number of amides is 1. The van der Waals surface area contributed by atoms with Crippen LogP contribution in [-0.2, 0) is 20.7 Å². The van der Waals surface area contributed by atoms with E-state index in [1.54, 1.807) is 14.0 Å². The molecule has 2 rings (SSSR count). The average molecular weight is 297 g/mol. The first-order valence-electron chi connectivity index (χ1n) is 7.14. The van der Waals surface area contributed by atoms with E-state index in [1.807, 2.05) is 60.7 Å². The number of esters is 1. The van der Waals surface area contributed by atoms with Gasteiger partial charge in [0.25, 0.3) is 5.91 Å². The normalized spacial score (nSPS) is 11.5. The van der Waals surface area contributed by atoms with Crippen LogP contribution >= 0.6 is 0 Å². The Kier molecular flexibility index (Phi) is 5.31. The molecule has 22 heavy (non-hydrogen) atoms. The Morgan fingerprint density at radius 3 is 2.14 bits per heavy atom. The lowest BCUT2D eigenvalue weighted by Crippen LogP contribution is -2.37. The molecule has 2 aromatic carbocycles. The second kappa shape index (κ2) is 7.41. The highest BCUT2D eigenvalue weighted by Gasteiger charge is 2.22. The highest BCUT2D eigenvalue weighted by molar-refractivity contribution is 5.96. The highest BCUT2D eigenvalue weighted by Crippen LogP contribution is 2.13. The molecule has 0 fully saturated rings. The zero-order chi connectivity index (χ0) is 15.9. The Bertz CT molecular complexity index is 625. The maximum absolute atomic E-state index is 12.3. The summed E-state index contributed by atoms with van der Waals surface area (Å²) in [6.07, 6.45) is -0.658. The summed E-state index contributed by atoms with van der Waals surface area (Å²) >= 11 is 0. The largest absolute Gasteiger partial charge is 0.452 e. The van der Waals surface area contributed by atoms with E-state index in [-0.39, 0.29) is 12.3 Å². The topological polar surface area (TPSA) is 46.6 Å². The molecule has 1 amide bonds. The number of anilines is 1. The van der Waals surface area contributed by atoms with Crippen LogP contribution in [0.2, 0.25) is 0 Å². The molecule has 0 aliphatic rings. The van der Waals surface area contributed by atoms with Gasteiger partial charge in [0.2, 0.25) is 0 Å². The molecule has 4 nitrogen and oxygen atoms in total. The van der Waals surface area contributed by atoms with Crippen molar-refractivity contribution in [2.75, 3.05) is 11.9 Å². The fourth-order valence-corrected chi connectivity index (χ4v) is 2.10.